The summed E-state index contributed by atoms with van der Waals surface area (Å²) in [4.78, 5) is 35.9. The number of ether oxygens (including phenoxy) is 8. The molecule has 0 atom stereocenters. The van der Waals surface area contributed by atoms with E-state index >= 15 is 0 Å². The van der Waals surface area contributed by atoms with Crippen LogP contribution in [0.5, 0.6) is 0 Å². The van der Waals surface area contributed by atoms with Gasteiger partial charge < -0.3 is 43.2 Å². The predicted molar refractivity (Wildman–Crippen MR) is 180 cm³/mol. The van der Waals surface area contributed by atoms with E-state index in [4.69, 9.17) is 37.9 Å². The van der Waals surface area contributed by atoms with E-state index in [1.165, 1.54) is 22.3 Å². The Labute approximate surface area is 286 Å². The number of ketones is 1. The second-order valence-electron chi connectivity index (χ2n) is 10.8. The number of carbonyl (C=O) groups excluding carboxylic acids is 3. The number of hydrogen-bond acceptors (Lipinski definition) is 11. The van der Waals surface area contributed by atoms with Crippen LogP contribution in [-0.2, 0) is 42.7 Å². The van der Waals surface area contributed by atoms with Crippen LogP contribution < -0.4 is 5.32 Å². The minimum absolute atomic E-state index is 0.00936. The van der Waals surface area contributed by atoms with Crippen molar-refractivity contribution in [2.45, 2.75) is 5.92 Å². The Kier molecular flexibility index (Phi) is 17.3. The Bertz CT molecular complexity index is 1370. The molecule has 0 aromatic heterocycles. The molecular formula is C37H45NO11. The molecule has 0 aliphatic heterocycles. The Morgan fingerprint density at radius 2 is 0.918 bits per heavy atom. The molecule has 1 aliphatic rings. The number of benzene rings is 3. The van der Waals surface area contributed by atoms with Crippen LogP contribution in [-0.4, -0.2) is 117 Å². The van der Waals surface area contributed by atoms with Gasteiger partial charge >= 0.3 is 12.1 Å². The van der Waals surface area contributed by atoms with Gasteiger partial charge in [0.15, 0.2) is 0 Å². The molecule has 0 saturated heterocycles. The SMILES string of the molecule is O=C(NCCOCCOCCOCCOCCOCCOCCOC(=O)C(=O)c1ccccc1)OCC1c2ccccc2-c2ccccc21. The highest BCUT2D eigenvalue weighted by Crippen LogP contribution is 2.44. The van der Waals surface area contributed by atoms with Crippen LogP contribution in [0.15, 0.2) is 78.9 Å². The number of alkyl carbamates (subject to hydrolysis) is 1. The first-order valence-electron chi connectivity index (χ1n) is 16.5. The lowest BCUT2D eigenvalue weighted by atomic mass is 9.98. The molecule has 0 spiro atoms. The fourth-order valence-electron chi connectivity index (χ4n) is 5.04. The minimum Gasteiger partial charge on any atom is -0.457 e. The molecule has 4 rings (SSSR count). The molecule has 0 unspecified atom stereocenters. The molecule has 3 aromatic carbocycles. The first kappa shape index (κ1) is 37.6. The molecule has 0 saturated carbocycles. The maximum Gasteiger partial charge on any atom is 0.407 e. The summed E-state index contributed by atoms with van der Waals surface area (Å²) in [7, 11) is 0. The third-order valence-corrected chi connectivity index (χ3v) is 7.40. The zero-order valence-electron chi connectivity index (χ0n) is 27.7. The van der Waals surface area contributed by atoms with Gasteiger partial charge in [0, 0.05) is 18.0 Å². The van der Waals surface area contributed by atoms with E-state index in [2.05, 4.69) is 29.6 Å². The summed E-state index contributed by atoms with van der Waals surface area (Å²) in [5, 5.41) is 2.73. The summed E-state index contributed by atoms with van der Waals surface area (Å²) in [5.74, 6) is -1.55. The van der Waals surface area contributed by atoms with Crippen LogP contribution in [0, 0.1) is 0 Å². The predicted octanol–water partition coefficient (Wildman–Crippen LogP) is 4.05. The van der Waals surface area contributed by atoms with Crippen molar-refractivity contribution in [2.24, 2.45) is 0 Å². The summed E-state index contributed by atoms with van der Waals surface area (Å²) in [6, 6.07) is 24.7. The van der Waals surface area contributed by atoms with Gasteiger partial charge in [-0.1, -0.05) is 78.9 Å². The van der Waals surface area contributed by atoms with Crippen LogP contribution in [0.3, 0.4) is 0 Å². The van der Waals surface area contributed by atoms with Gasteiger partial charge in [-0.05, 0) is 22.3 Å². The molecule has 1 amide bonds. The third-order valence-electron chi connectivity index (χ3n) is 7.40. The van der Waals surface area contributed by atoms with Crippen molar-refractivity contribution in [3.63, 3.8) is 0 Å². The van der Waals surface area contributed by atoms with Gasteiger partial charge in [0.2, 0.25) is 0 Å². The average molecular weight is 680 g/mol. The van der Waals surface area contributed by atoms with Gasteiger partial charge in [-0.3, -0.25) is 4.79 Å². The second kappa shape index (κ2) is 22.5. The zero-order chi connectivity index (χ0) is 34.4. The quantitative estimate of drug-likeness (QED) is 0.0601. The largest absolute Gasteiger partial charge is 0.457 e. The van der Waals surface area contributed by atoms with Crippen molar-refractivity contribution >= 4 is 17.8 Å². The number of rotatable bonds is 25. The van der Waals surface area contributed by atoms with Crippen LogP contribution in [0.4, 0.5) is 4.79 Å². The molecule has 49 heavy (non-hydrogen) atoms. The van der Waals surface area contributed by atoms with E-state index in [0.717, 1.165) is 0 Å². The molecular weight excluding hydrogens is 634 g/mol. The standard InChI is InChI=1S/C37H45NO11/c39-35(29-8-2-1-3-9-29)36(40)48-27-26-47-25-24-46-23-22-45-21-20-44-19-18-43-17-16-42-15-14-38-37(41)49-28-34-32-12-6-4-10-30(32)31-11-5-7-13-33(31)34/h1-13,34H,14-28H2,(H,38,41). The van der Waals surface area contributed by atoms with E-state index in [1.807, 2.05) is 24.3 Å². The van der Waals surface area contributed by atoms with Crippen molar-refractivity contribution in [1.29, 1.82) is 0 Å². The molecule has 12 nitrogen and oxygen atoms in total. The van der Waals surface area contributed by atoms with Crippen molar-refractivity contribution in [1.82, 2.24) is 5.32 Å². The van der Waals surface area contributed by atoms with E-state index < -0.39 is 17.8 Å². The van der Waals surface area contributed by atoms with Crippen molar-refractivity contribution in [3.8, 4) is 11.1 Å². The van der Waals surface area contributed by atoms with Crippen molar-refractivity contribution < 1.29 is 52.3 Å². The molecule has 1 aliphatic carbocycles. The molecule has 1 N–H and O–H groups in total. The van der Waals surface area contributed by atoms with Crippen LogP contribution in [0.25, 0.3) is 11.1 Å². The number of amides is 1. The molecule has 12 heteroatoms. The fraction of sp³-hybridized carbons (Fsp3) is 0.432. The van der Waals surface area contributed by atoms with E-state index in [0.29, 0.717) is 84.8 Å². The summed E-state index contributed by atoms with van der Waals surface area (Å²) in [6.45, 7) is 5.26. The molecule has 0 bridgehead atoms. The van der Waals surface area contributed by atoms with Gasteiger partial charge in [0.1, 0.15) is 13.2 Å². The summed E-state index contributed by atoms with van der Waals surface area (Å²) < 4.78 is 43.1. The van der Waals surface area contributed by atoms with E-state index in [1.54, 1.807) is 30.3 Å². The highest BCUT2D eigenvalue weighted by Gasteiger charge is 2.29. The van der Waals surface area contributed by atoms with Gasteiger partial charge in [-0.15, -0.1) is 0 Å². The smallest absolute Gasteiger partial charge is 0.407 e. The normalized spacial score (nSPS) is 11.9. The topological polar surface area (TPSA) is 137 Å². The summed E-state index contributed by atoms with van der Waals surface area (Å²) in [6.07, 6.45) is -0.464. The van der Waals surface area contributed by atoms with Crippen LogP contribution in [0.2, 0.25) is 0 Å². The lowest BCUT2D eigenvalue weighted by Gasteiger charge is -2.14. The number of hydrogen-bond donors (Lipinski definition) is 1. The minimum atomic E-state index is -0.902. The highest BCUT2D eigenvalue weighted by molar-refractivity contribution is 6.40. The monoisotopic (exact) mass is 679 g/mol. The molecule has 3 aromatic rings. The number of esters is 1. The van der Waals surface area contributed by atoms with Crippen LogP contribution >= 0.6 is 0 Å². The molecule has 264 valence electrons. The van der Waals surface area contributed by atoms with Crippen molar-refractivity contribution in [2.75, 3.05) is 99.0 Å². The average Bonchev–Trinajstić information content (AvgIpc) is 3.46. The van der Waals surface area contributed by atoms with Gasteiger partial charge in [0.05, 0.1) is 79.3 Å². The maximum atomic E-state index is 12.2. The first-order chi connectivity index (χ1) is 24.1. The molecule has 0 heterocycles. The molecule has 0 radical (unpaired) electrons. The highest BCUT2D eigenvalue weighted by atomic mass is 16.6. The Morgan fingerprint density at radius 1 is 0.490 bits per heavy atom. The number of Topliss-reactive ketones (excluding diaryl/α,β-unsaturated/α-hetero) is 1. The Hall–Kier alpha value is -4.17. The van der Waals surface area contributed by atoms with E-state index in [9.17, 15) is 14.4 Å². The number of fused-ring (bicyclic) bond motifs is 3. The van der Waals surface area contributed by atoms with Crippen LogP contribution in [0.1, 0.15) is 27.4 Å². The zero-order valence-corrected chi connectivity index (χ0v) is 27.7. The molecule has 0 fully saturated rings. The first-order valence-corrected chi connectivity index (χ1v) is 16.5. The Balaban J connectivity index is 0.852. The number of nitrogens with one attached hydrogen (secondary N) is 1. The summed E-state index contributed by atoms with van der Waals surface area (Å²) >= 11 is 0. The van der Waals surface area contributed by atoms with Gasteiger partial charge in [-0.25, -0.2) is 9.59 Å². The third kappa shape index (κ3) is 13.3. The summed E-state index contributed by atoms with van der Waals surface area (Å²) in [5.41, 5.74) is 5.03. The lowest BCUT2D eigenvalue weighted by Crippen LogP contribution is -2.29. The Morgan fingerprint density at radius 3 is 1.43 bits per heavy atom. The van der Waals surface area contributed by atoms with Gasteiger partial charge in [-0.2, -0.15) is 0 Å². The maximum absolute atomic E-state index is 12.2. The number of carbonyl (C=O) groups is 3. The lowest BCUT2D eigenvalue weighted by molar-refractivity contribution is -0.139. The van der Waals surface area contributed by atoms with Gasteiger partial charge in [0.25, 0.3) is 5.78 Å². The van der Waals surface area contributed by atoms with Crippen molar-refractivity contribution in [3.05, 3.63) is 95.6 Å². The van der Waals surface area contributed by atoms with E-state index in [-0.39, 0.29) is 25.7 Å². The fourth-order valence-corrected chi connectivity index (χ4v) is 5.04. The second-order valence-corrected chi connectivity index (χ2v) is 10.8.